The minimum Gasteiger partial charge on any atom is -0.345 e. The van der Waals surface area contributed by atoms with Gasteiger partial charge in [0, 0.05) is 0 Å². The van der Waals surface area contributed by atoms with Crippen LogP contribution in [0.2, 0.25) is 0 Å². The van der Waals surface area contributed by atoms with Crippen LogP contribution in [-0.4, -0.2) is 9.97 Å². The topological polar surface area (TPSA) is 28.7 Å². The normalized spacial score (nSPS) is 11.9. The van der Waals surface area contributed by atoms with Crippen LogP contribution < -0.4 is 0 Å². The molecule has 3 rings (SSSR count). The van der Waals surface area contributed by atoms with Crippen LogP contribution in [-0.2, 0) is 5.41 Å². The van der Waals surface area contributed by atoms with Gasteiger partial charge in [0.15, 0.2) is 0 Å². The predicted molar refractivity (Wildman–Crippen MR) is 80.2 cm³/mol. The van der Waals surface area contributed by atoms with Crippen molar-refractivity contribution in [3.05, 3.63) is 54.4 Å². The second kappa shape index (κ2) is 4.23. The van der Waals surface area contributed by atoms with Crippen molar-refractivity contribution in [3.8, 4) is 11.1 Å². The number of aromatic amines is 1. The van der Waals surface area contributed by atoms with Gasteiger partial charge in [-0.1, -0.05) is 51.1 Å². The molecule has 1 N–H and O–H groups in total. The lowest BCUT2D eigenvalue weighted by molar-refractivity contribution is 0.595. The number of rotatable bonds is 1. The van der Waals surface area contributed by atoms with E-state index in [9.17, 15) is 0 Å². The van der Waals surface area contributed by atoms with E-state index < -0.39 is 0 Å². The molecule has 1 heterocycles. The molecular weight excluding hydrogens is 232 g/mol. The molecule has 2 aromatic carbocycles. The molecule has 0 bridgehead atoms. The van der Waals surface area contributed by atoms with E-state index in [-0.39, 0.29) is 5.41 Å². The zero-order valence-electron chi connectivity index (χ0n) is 11.6. The molecule has 0 unspecified atom stereocenters. The van der Waals surface area contributed by atoms with Gasteiger partial charge in [-0.05, 0) is 34.2 Å². The molecule has 0 aliphatic heterocycles. The molecule has 19 heavy (non-hydrogen) atoms. The second-order valence-corrected chi connectivity index (χ2v) is 5.94. The Morgan fingerprint density at radius 1 is 0.947 bits per heavy atom. The van der Waals surface area contributed by atoms with Crippen LogP contribution in [0.5, 0.6) is 0 Å². The van der Waals surface area contributed by atoms with Gasteiger partial charge in [0.05, 0.1) is 17.4 Å². The number of benzene rings is 2. The molecule has 0 saturated heterocycles. The molecule has 2 heteroatoms. The van der Waals surface area contributed by atoms with E-state index in [1.807, 2.05) is 6.07 Å². The fourth-order valence-electron chi connectivity index (χ4n) is 2.42. The number of nitrogens with one attached hydrogen (secondary N) is 1. The molecule has 0 aliphatic rings. The van der Waals surface area contributed by atoms with Crippen LogP contribution >= 0.6 is 0 Å². The van der Waals surface area contributed by atoms with Crippen molar-refractivity contribution in [2.75, 3.05) is 0 Å². The molecule has 0 atom stereocenters. The molecule has 1 aromatic heterocycles. The Morgan fingerprint density at radius 3 is 2.37 bits per heavy atom. The number of hydrogen-bond acceptors (Lipinski definition) is 1. The SMILES string of the molecule is CC(C)(C)c1cc(-c2ccccc2)cc2[nH]cnc12. The Bertz CT molecular complexity index is 703. The van der Waals surface area contributed by atoms with Gasteiger partial charge < -0.3 is 4.98 Å². The lowest BCUT2D eigenvalue weighted by atomic mass is 9.84. The summed E-state index contributed by atoms with van der Waals surface area (Å²) in [7, 11) is 0. The van der Waals surface area contributed by atoms with E-state index >= 15 is 0 Å². The van der Waals surface area contributed by atoms with E-state index in [1.54, 1.807) is 6.33 Å². The Kier molecular flexibility index (Phi) is 2.67. The fourth-order valence-corrected chi connectivity index (χ4v) is 2.42. The molecule has 0 radical (unpaired) electrons. The van der Waals surface area contributed by atoms with Crippen LogP contribution in [0.1, 0.15) is 26.3 Å². The molecule has 0 saturated carbocycles. The summed E-state index contributed by atoms with van der Waals surface area (Å²) in [5, 5.41) is 0. The lowest BCUT2D eigenvalue weighted by Gasteiger charge is -2.20. The van der Waals surface area contributed by atoms with Gasteiger partial charge in [-0.15, -0.1) is 0 Å². The van der Waals surface area contributed by atoms with Crippen molar-refractivity contribution in [2.24, 2.45) is 0 Å². The number of aromatic nitrogens is 2. The van der Waals surface area contributed by atoms with Crippen molar-refractivity contribution in [2.45, 2.75) is 26.2 Å². The standard InChI is InChI=1S/C17H18N2/c1-17(2,3)14-9-13(12-7-5-4-6-8-12)10-15-16(14)19-11-18-15/h4-11H,1-3H3,(H,18,19). The summed E-state index contributed by atoms with van der Waals surface area (Å²) >= 11 is 0. The molecule has 0 aliphatic carbocycles. The molecule has 0 amide bonds. The van der Waals surface area contributed by atoms with E-state index in [0.29, 0.717) is 0 Å². The van der Waals surface area contributed by atoms with Crippen molar-refractivity contribution in [3.63, 3.8) is 0 Å². The Labute approximate surface area is 113 Å². The van der Waals surface area contributed by atoms with Crippen LogP contribution in [0.15, 0.2) is 48.8 Å². The maximum atomic E-state index is 4.46. The van der Waals surface area contributed by atoms with E-state index in [1.165, 1.54) is 16.7 Å². The van der Waals surface area contributed by atoms with Gasteiger partial charge in [0.1, 0.15) is 0 Å². The molecule has 96 valence electrons. The van der Waals surface area contributed by atoms with Gasteiger partial charge >= 0.3 is 0 Å². The molecular formula is C17H18N2. The van der Waals surface area contributed by atoms with Gasteiger partial charge in [0.25, 0.3) is 0 Å². The third-order valence-electron chi connectivity index (χ3n) is 3.44. The van der Waals surface area contributed by atoms with E-state index in [4.69, 9.17) is 0 Å². The van der Waals surface area contributed by atoms with Gasteiger partial charge in [0.2, 0.25) is 0 Å². The minimum atomic E-state index is 0.0816. The summed E-state index contributed by atoms with van der Waals surface area (Å²) in [6.45, 7) is 6.68. The summed E-state index contributed by atoms with van der Waals surface area (Å²) < 4.78 is 0. The van der Waals surface area contributed by atoms with Crippen molar-refractivity contribution >= 4 is 11.0 Å². The molecule has 2 nitrogen and oxygen atoms in total. The first-order valence-electron chi connectivity index (χ1n) is 6.59. The van der Waals surface area contributed by atoms with E-state index in [2.05, 4.69) is 67.1 Å². The number of fused-ring (bicyclic) bond motifs is 1. The number of hydrogen-bond donors (Lipinski definition) is 1. The van der Waals surface area contributed by atoms with Crippen LogP contribution in [0.3, 0.4) is 0 Å². The van der Waals surface area contributed by atoms with Gasteiger partial charge in [-0.3, -0.25) is 0 Å². The maximum Gasteiger partial charge on any atom is 0.0932 e. The van der Waals surface area contributed by atoms with Crippen LogP contribution in [0, 0.1) is 0 Å². The minimum absolute atomic E-state index is 0.0816. The highest BCUT2D eigenvalue weighted by Gasteiger charge is 2.19. The summed E-state index contributed by atoms with van der Waals surface area (Å²) in [6.07, 6.45) is 1.77. The summed E-state index contributed by atoms with van der Waals surface area (Å²) in [5.74, 6) is 0. The highest BCUT2D eigenvalue weighted by Crippen LogP contribution is 2.33. The predicted octanol–water partition coefficient (Wildman–Crippen LogP) is 4.53. The number of H-pyrrole nitrogens is 1. The zero-order valence-corrected chi connectivity index (χ0v) is 11.6. The first kappa shape index (κ1) is 12.0. The monoisotopic (exact) mass is 250 g/mol. The first-order chi connectivity index (χ1) is 9.05. The van der Waals surface area contributed by atoms with Crippen molar-refractivity contribution in [1.29, 1.82) is 0 Å². The smallest absolute Gasteiger partial charge is 0.0932 e. The van der Waals surface area contributed by atoms with Crippen LogP contribution in [0.25, 0.3) is 22.2 Å². The quantitative estimate of drug-likeness (QED) is 0.675. The fraction of sp³-hybridized carbons (Fsp3) is 0.235. The highest BCUT2D eigenvalue weighted by molar-refractivity contribution is 5.85. The Balaban J connectivity index is 2.28. The zero-order chi connectivity index (χ0) is 13.5. The van der Waals surface area contributed by atoms with Crippen molar-refractivity contribution in [1.82, 2.24) is 9.97 Å². The van der Waals surface area contributed by atoms with Gasteiger partial charge in [-0.25, -0.2) is 4.98 Å². The summed E-state index contributed by atoms with van der Waals surface area (Å²) in [6, 6.07) is 14.9. The highest BCUT2D eigenvalue weighted by atomic mass is 14.9. The van der Waals surface area contributed by atoms with E-state index in [0.717, 1.165) is 11.0 Å². The number of nitrogens with zero attached hydrogens (tertiary/aromatic N) is 1. The molecule has 0 fully saturated rings. The third-order valence-corrected chi connectivity index (χ3v) is 3.44. The van der Waals surface area contributed by atoms with Crippen LogP contribution in [0.4, 0.5) is 0 Å². The Morgan fingerprint density at radius 2 is 1.68 bits per heavy atom. The average Bonchev–Trinajstić information content (AvgIpc) is 2.85. The first-order valence-corrected chi connectivity index (χ1v) is 6.59. The Hall–Kier alpha value is -2.09. The summed E-state index contributed by atoms with van der Waals surface area (Å²) in [5.41, 5.74) is 6.02. The largest absolute Gasteiger partial charge is 0.345 e. The average molecular weight is 250 g/mol. The molecule has 0 spiro atoms. The van der Waals surface area contributed by atoms with Gasteiger partial charge in [-0.2, -0.15) is 0 Å². The van der Waals surface area contributed by atoms with Crippen molar-refractivity contribution < 1.29 is 0 Å². The third kappa shape index (κ3) is 2.14. The molecule has 3 aromatic rings. The number of imidazole rings is 1. The second-order valence-electron chi connectivity index (χ2n) is 5.94. The lowest BCUT2D eigenvalue weighted by Crippen LogP contribution is -2.12. The summed E-state index contributed by atoms with van der Waals surface area (Å²) in [4.78, 5) is 7.70. The maximum absolute atomic E-state index is 4.46.